The van der Waals surface area contributed by atoms with Gasteiger partial charge in [0.2, 0.25) is 0 Å². The molecule has 2 aromatic rings. The van der Waals surface area contributed by atoms with E-state index in [1.165, 1.54) is 25.8 Å². The lowest BCUT2D eigenvalue weighted by atomic mass is 10.2. The van der Waals surface area contributed by atoms with Crippen LogP contribution in [0.4, 0.5) is 0 Å². The Morgan fingerprint density at radius 3 is 2.75 bits per heavy atom. The molecule has 108 valence electrons. The SMILES string of the molecule is Cc1nn(C)c2c1nc(CCl)n2C1CCN(C2CC2)C1. The summed E-state index contributed by atoms with van der Waals surface area (Å²) in [5.74, 6) is 1.45. The number of aromatic nitrogens is 4. The quantitative estimate of drug-likeness (QED) is 0.815. The van der Waals surface area contributed by atoms with Gasteiger partial charge in [-0.05, 0) is 26.2 Å². The molecule has 1 aliphatic carbocycles. The lowest BCUT2D eigenvalue weighted by Crippen LogP contribution is -2.24. The summed E-state index contributed by atoms with van der Waals surface area (Å²) < 4.78 is 4.29. The molecule has 1 atom stereocenters. The number of imidazole rings is 1. The van der Waals surface area contributed by atoms with Crippen molar-refractivity contribution in [2.24, 2.45) is 7.05 Å². The maximum Gasteiger partial charge on any atom is 0.159 e. The number of alkyl halides is 1. The van der Waals surface area contributed by atoms with Crippen molar-refractivity contribution < 1.29 is 0 Å². The lowest BCUT2D eigenvalue weighted by molar-refractivity contribution is 0.313. The molecule has 0 bridgehead atoms. The summed E-state index contributed by atoms with van der Waals surface area (Å²) >= 11 is 6.13. The van der Waals surface area contributed by atoms with Crippen molar-refractivity contribution in [1.82, 2.24) is 24.2 Å². The topological polar surface area (TPSA) is 38.9 Å². The molecule has 0 radical (unpaired) electrons. The standard InChI is InChI=1S/C14H20ClN5/c1-9-13-14(18(2)17-9)20(12(7-15)16-13)11-5-6-19(8-11)10-3-4-10/h10-11H,3-8H2,1-2H3. The fraction of sp³-hybridized carbons (Fsp3) is 0.714. The minimum absolute atomic E-state index is 0.466. The molecule has 2 aromatic heterocycles. The van der Waals surface area contributed by atoms with Crippen molar-refractivity contribution >= 4 is 22.8 Å². The van der Waals surface area contributed by atoms with Crippen LogP contribution in [0.25, 0.3) is 11.2 Å². The van der Waals surface area contributed by atoms with Crippen LogP contribution in [0.1, 0.15) is 36.8 Å². The third kappa shape index (κ3) is 1.79. The zero-order chi connectivity index (χ0) is 13.9. The van der Waals surface area contributed by atoms with Gasteiger partial charge < -0.3 is 4.57 Å². The first-order valence-corrected chi connectivity index (χ1v) is 7.93. The van der Waals surface area contributed by atoms with Crippen LogP contribution in [0.2, 0.25) is 0 Å². The fourth-order valence-electron chi connectivity index (χ4n) is 3.57. The molecule has 1 saturated heterocycles. The summed E-state index contributed by atoms with van der Waals surface area (Å²) in [5.41, 5.74) is 3.12. The van der Waals surface area contributed by atoms with Gasteiger partial charge in [-0.2, -0.15) is 5.10 Å². The van der Waals surface area contributed by atoms with Crippen molar-refractivity contribution in [3.63, 3.8) is 0 Å². The molecule has 3 heterocycles. The predicted octanol–water partition coefficient (Wildman–Crippen LogP) is 2.23. The summed E-state index contributed by atoms with van der Waals surface area (Å²) in [5, 5.41) is 4.50. The van der Waals surface area contributed by atoms with Gasteiger partial charge in [0.05, 0.1) is 17.6 Å². The van der Waals surface area contributed by atoms with E-state index >= 15 is 0 Å². The Bertz CT molecular complexity index is 654. The van der Waals surface area contributed by atoms with Crippen LogP contribution < -0.4 is 0 Å². The number of likely N-dealkylation sites (tertiary alicyclic amines) is 1. The van der Waals surface area contributed by atoms with Crippen LogP contribution >= 0.6 is 11.6 Å². The van der Waals surface area contributed by atoms with Gasteiger partial charge in [-0.15, -0.1) is 11.6 Å². The largest absolute Gasteiger partial charge is 0.307 e. The third-order valence-electron chi connectivity index (χ3n) is 4.65. The predicted molar refractivity (Wildman–Crippen MR) is 79.0 cm³/mol. The van der Waals surface area contributed by atoms with Crippen molar-refractivity contribution in [2.45, 2.75) is 44.1 Å². The van der Waals surface area contributed by atoms with Gasteiger partial charge in [-0.1, -0.05) is 0 Å². The van der Waals surface area contributed by atoms with Crippen molar-refractivity contribution in [3.8, 4) is 0 Å². The summed E-state index contributed by atoms with van der Waals surface area (Å²) in [6, 6.07) is 1.33. The third-order valence-corrected chi connectivity index (χ3v) is 4.89. The van der Waals surface area contributed by atoms with Crippen molar-refractivity contribution in [2.75, 3.05) is 13.1 Å². The summed E-state index contributed by atoms with van der Waals surface area (Å²) in [4.78, 5) is 7.33. The van der Waals surface area contributed by atoms with E-state index in [1.54, 1.807) is 0 Å². The monoisotopic (exact) mass is 293 g/mol. The highest BCUT2D eigenvalue weighted by Gasteiger charge is 2.36. The van der Waals surface area contributed by atoms with E-state index < -0.39 is 0 Å². The number of aryl methyl sites for hydroxylation is 2. The average molecular weight is 294 g/mol. The Morgan fingerprint density at radius 2 is 2.05 bits per heavy atom. The zero-order valence-corrected chi connectivity index (χ0v) is 12.8. The number of hydrogen-bond donors (Lipinski definition) is 0. The van der Waals surface area contributed by atoms with Crippen molar-refractivity contribution in [3.05, 3.63) is 11.5 Å². The van der Waals surface area contributed by atoms with E-state index in [0.29, 0.717) is 11.9 Å². The van der Waals surface area contributed by atoms with Crippen LogP contribution in [0.5, 0.6) is 0 Å². The molecule has 2 fully saturated rings. The molecular formula is C14H20ClN5. The highest BCUT2D eigenvalue weighted by Crippen LogP contribution is 2.35. The van der Waals surface area contributed by atoms with Gasteiger partial charge in [0.1, 0.15) is 11.3 Å². The van der Waals surface area contributed by atoms with E-state index in [9.17, 15) is 0 Å². The second-order valence-corrected chi connectivity index (χ2v) is 6.35. The molecule has 20 heavy (non-hydrogen) atoms. The summed E-state index contributed by atoms with van der Waals surface area (Å²) in [6.45, 7) is 4.35. The molecule has 0 amide bonds. The smallest absolute Gasteiger partial charge is 0.159 e. The normalized spacial score (nSPS) is 24.1. The Hall–Kier alpha value is -1.07. The van der Waals surface area contributed by atoms with E-state index in [4.69, 9.17) is 16.6 Å². The average Bonchev–Trinajstić information content (AvgIpc) is 2.95. The van der Waals surface area contributed by atoms with E-state index in [0.717, 1.165) is 35.3 Å². The van der Waals surface area contributed by atoms with Gasteiger partial charge in [-0.3, -0.25) is 9.58 Å². The minimum atomic E-state index is 0.466. The van der Waals surface area contributed by atoms with Crippen LogP contribution in [-0.4, -0.2) is 43.4 Å². The Morgan fingerprint density at radius 1 is 1.25 bits per heavy atom. The van der Waals surface area contributed by atoms with Gasteiger partial charge >= 0.3 is 0 Å². The molecule has 6 heteroatoms. The van der Waals surface area contributed by atoms with Gasteiger partial charge in [0.15, 0.2) is 5.65 Å². The molecule has 1 unspecified atom stereocenters. The lowest BCUT2D eigenvalue weighted by Gasteiger charge is -2.18. The molecule has 4 rings (SSSR count). The van der Waals surface area contributed by atoms with Gasteiger partial charge in [0.25, 0.3) is 0 Å². The van der Waals surface area contributed by atoms with Crippen molar-refractivity contribution in [1.29, 1.82) is 0 Å². The van der Waals surface area contributed by atoms with Crippen LogP contribution in [0.3, 0.4) is 0 Å². The second kappa shape index (κ2) is 4.46. The molecule has 1 aliphatic heterocycles. The number of nitrogens with zero attached hydrogens (tertiary/aromatic N) is 5. The first-order chi connectivity index (χ1) is 9.69. The van der Waals surface area contributed by atoms with Gasteiger partial charge in [0, 0.05) is 26.2 Å². The molecule has 2 aliphatic rings. The van der Waals surface area contributed by atoms with Crippen LogP contribution in [0, 0.1) is 6.92 Å². The molecule has 0 spiro atoms. The van der Waals surface area contributed by atoms with E-state index in [-0.39, 0.29) is 0 Å². The number of rotatable bonds is 3. The highest BCUT2D eigenvalue weighted by atomic mass is 35.5. The number of halogens is 1. The second-order valence-electron chi connectivity index (χ2n) is 6.08. The molecule has 1 saturated carbocycles. The summed E-state index contributed by atoms with van der Waals surface area (Å²) in [6.07, 6.45) is 3.94. The maximum absolute atomic E-state index is 6.13. The number of fused-ring (bicyclic) bond motifs is 1. The highest BCUT2D eigenvalue weighted by molar-refractivity contribution is 6.16. The Kier molecular flexibility index (Phi) is 2.82. The zero-order valence-electron chi connectivity index (χ0n) is 12.0. The van der Waals surface area contributed by atoms with Crippen LogP contribution in [0.15, 0.2) is 0 Å². The van der Waals surface area contributed by atoms with Crippen LogP contribution in [-0.2, 0) is 12.9 Å². The van der Waals surface area contributed by atoms with E-state index in [2.05, 4.69) is 14.6 Å². The number of hydrogen-bond acceptors (Lipinski definition) is 3. The van der Waals surface area contributed by atoms with E-state index in [1.807, 2.05) is 18.7 Å². The Balaban J connectivity index is 1.77. The van der Waals surface area contributed by atoms with Gasteiger partial charge in [-0.25, -0.2) is 4.98 Å². The molecule has 0 N–H and O–H groups in total. The molecule has 5 nitrogen and oxygen atoms in total. The molecule has 0 aromatic carbocycles. The minimum Gasteiger partial charge on any atom is -0.307 e. The summed E-state index contributed by atoms with van der Waals surface area (Å²) in [7, 11) is 2.00. The fourth-order valence-corrected chi connectivity index (χ4v) is 3.76. The molecular weight excluding hydrogens is 274 g/mol. The first-order valence-electron chi connectivity index (χ1n) is 7.39. The maximum atomic E-state index is 6.13. The Labute approximate surface area is 123 Å². The first kappa shape index (κ1) is 12.7.